The van der Waals surface area contributed by atoms with Crippen LogP contribution in [0.4, 0.5) is 11.6 Å². The molecule has 20 heavy (non-hydrogen) atoms. The summed E-state index contributed by atoms with van der Waals surface area (Å²) in [6, 6.07) is 1.90. The lowest BCUT2D eigenvalue weighted by atomic mass is 10.4. The molecule has 1 aromatic rings. The number of aromatic nitrogens is 2. The molecule has 0 saturated carbocycles. The second-order valence-corrected chi connectivity index (χ2v) is 4.57. The van der Waals surface area contributed by atoms with Crippen LogP contribution < -0.4 is 10.6 Å². The lowest BCUT2D eigenvalue weighted by molar-refractivity contribution is 0.0870. The first-order chi connectivity index (χ1) is 9.65. The molecule has 1 heterocycles. The fourth-order valence-corrected chi connectivity index (χ4v) is 1.59. The highest BCUT2D eigenvalue weighted by Gasteiger charge is 2.04. The maximum atomic E-state index is 5.49. The fraction of sp³-hybridized carbons (Fsp3) is 0.714. The zero-order valence-corrected chi connectivity index (χ0v) is 12.9. The number of ether oxygens (including phenoxy) is 2. The van der Waals surface area contributed by atoms with E-state index in [1.54, 1.807) is 0 Å². The van der Waals surface area contributed by atoms with Crippen LogP contribution in [0.1, 0.15) is 33.5 Å². The van der Waals surface area contributed by atoms with E-state index >= 15 is 0 Å². The predicted octanol–water partition coefficient (Wildman–Crippen LogP) is 2.28. The Hall–Kier alpha value is -1.40. The molecule has 0 bridgehead atoms. The standard InChI is InChI=1S/C14H26N4O2/c1-5-15-12-9-13(16-7-8-20-11(3)4)18-14(17-12)10-19-6-2/h9,11H,5-8,10H2,1-4H3,(H2,15,16,17,18). The molecule has 0 aliphatic carbocycles. The Labute approximate surface area is 121 Å². The van der Waals surface area contributed by atoms with Crippen molar-refractivity contribution < 1.29 is 9.47 Å². The Kier molecular flexibility index (Phi) is 7.91. The molecule has 6 heteroatoms. The van der Waals surface area contributed by atoms with Gasteiger partial charge in [-0.15, -0.1) is 0 Å². The van der Waals surface area contributed by atoms with Gasteiger partial charge in [-0.05, 0) is 27.7 Å². The summed E-state index contributed by atoms with van der Waals surface area (Å²) < 4.78 is 10.8. The Bertz CT molecular complexity index is 385. The summed E-state index contributed by atoms with van der Waals surface area (Å²) in [5.41, 5.74) is 0. The average molecular weight is 282 g/mol. The van der Waals surface area contributed by atoms with E-state index < -0.39 is 0 Å². The first kappa shape index (κ1) is 16.7. The van der Waals surface area contributed by atoms with Crippen molar-refractivity contribution in [3.05, 3.63) is 11.9 Å². The molecule has 0 fully saturated rings. The van der Waals surface area contributed by atoms with Gasteiger partial charge in [-0.2, -0.15) is 0 Å². The van der Waals surface area contributed by atoms with Gasteiger partial charge in [-0.1, -0.05) is 0 Å². The van der Waals surface area contributed by atoms with Crippen molar-refractivity contribution >= 4 is 11.6 Å². The molecule has 0 aromatic carbocycles. The third-order valence-electron chi connectivity index (χ3n) is 2.43. The lowest BCUT2D eigenvalue weighted by Crippen LogP contribution is -2.15. The summed E-state index contributed by atoms with van der Waals surface area (Å²) in [6.07, 6.45) is 0.244. The first-order valence-corrected chi connectivity index (χ1v) is 7.20. The van der Waals surface area contributed by atoms with Gasteiger partial charge in [0.05, 0.1) is 12.7 Å². The lowest BCUT2D eigenvalue weighted by Gasteiger charge is -2.12. The van der Waals surface area contributed by atoms with Gasteiger partial charge in [0.25, 0.3) is 0 Å². The molecule has 6 nitrogen and oxygen atoms in total. The number of hydrogen-bond donors (Lipinski definition) is 2. The van der Waals surface area contributed by atoms with Crippen molar-refractivity contribution in [3.8, 4) is 0 Å². The highest BCUT2D eigenvalue weighted by atomic mass is 16.5. The maximum Gasteiger partial charge on any atom is 0.158 e. The Morgan fingerprint density at radius 1 is 1.15 bits per heavy atom. The molecule has 114 valence electrons. The topological polar surface area (TPSA) is 68.3 Å². The molecular formula is C14H26N4O2. The van der Waals surface area contributed by atoms with Crippen LogP contribution in [0.15, 0.2) is 6.07 Å². The van der Waals surface area contributed by atoms with Gasteiger partial charge in [0.15, 0.2) is 5.82 Å². The van der Waals surface area contributed by atoms with Crippen molar-refractivity contribution in [3.63, 3.8) is 0 Å². The third-order valence-corrected chi connectivity index (χ3v) is 2.43. The highest BCUT2D eigenvalue weighted by Crippen LogP contribution is 2.11. The van der Waals surface area contributed by atoms with Gasteiger partial charge in [-0.3, -0.25) is 0 Å². The Morgan fingerprint density at radius 2 is 1.85 bits per heavy atom. The second-order valence-electron chi connectivity index (χ2n) is 4.57. The molecule has 1 rings (SSSR count). The molecule has 0 radical (unpaired) electrons. The second kappa shape index (κ2) is 9.50. The largest absolute Gasteiger partial charge is 0.377 e. The zero-order valence-electron chi connectivity index (χ0n) is 12.9. The molecule has 1 aromatic heterocycles. The number of anilines is 2. The summed E-state index contributed by atoms with van der Waals surface area (Å²) in [5.74, 6) is 2.28. The van der Waals surface area contributed by atoms with Crippen LogP contribution in [0.2, 0.25) is 0 Å². The van der Waals surface area contributed by atoms with Crippen LogP contribution in [0.5, 0.6) is 0 Å². The van der Waals surface area contributed by atoms with Crippen LogP contribution in [0.3, 0.4) is 0 Å². The third kappa shape index (κ3) is 6.68. The molecular weight excluding hydrogens is 256 g/mol. The fourth-order valence-electron chi connectivity index (χ4n) is 1.59. The molecule has 0 atom stereocenters. The number of nitrogens with zero attached hydrogens (tertiary/aromatic N) is 2. The van der Waals surface area contributed by atoms with Crippen molar-refractivity contribution in [2.24, 2.45) is 0 Å². The SMILES string of the molecule is CCNc1cc(NCCOC(C)C)nc(COCC)n1. The van der Waals surface area contributed by atoms with Gasteiger partial charge < -0.3 is 20.1 Å². The van der Waals surface area contributed by atoms with E-state index in [4.69, 9.17) is 9.47 Å². The summed E-state index contributed by atoms with van der Waals surface area (Å²) in [6.45, 7) is 11.3. The van der Waals surface area contributed by atoms with Crippen LogP contribution in [0, 0.1) is 0 Å². The van der Waals surface area contributed by atoms with E-state index in [-0.39, 0.29) is 6.10 Å². The number of hydrogen-bond acceptors (Lipinski definition) is 6. The van der Waals surface area contributed by atoms with E-state index in [0.717, 1.165) is 24.7 Å². The van der Waals surface area contributed by atoms with Gasteiger partial charge >= 0.3 is 0 Å². The average Bonchev–Trinajstić information content (AvgIpc) is 2.41. The van der Waals surface area contributed by atoms with E-state index in [0.29, 0.717) is 25.6 Å². The summed E-state index contributed by atoms with van der Waals surface area (Å²) in [5, 5.41) is 6.44. The molecule has 0 unspecified atom stereocenters. The minimum Gasteiger partial charge on any atom is -0.377 e. The summed E-state index contributed by atoms with van der Waals surface area (Å²) in [7, 11) is 0. The summed E-state index contributed by atoms with van der Waals surface area (Å²) >= 11 is 0. The predicted molar refractivity (Wildman–Crippen MR) is 81.1 cm³/mol. The van der Waals surface area contributed by atoms with Crippen LogP contribution >= 0.6 is 0 Å². The molecule has 0 saturated heterocycles. The molecule has 0 amide bonds. The van der Waals surface area contributed by atoms with Gasteiger partial charge in [-0.25, -0.2) is 9.97 Å². The van der Waals surface area contributed by atoms with Crippen LogP contribution in [0.25, 0.3) is 0 Å². The molecule has 0 aliphatic heterocycles. The van der Waals surface area contributed by atoms with E-state index in [1.165, 1.54) is 0 Å². The van der Waals surface area contributed by atoms with E-state index in [1.807, 2.05) is 33.8 Å². The van der Waals surface area contributed by atoms with E-state index in [9.17, 15) is 0 Å². The molecule has 2 N–H and O–H groups in total. The van der Waals surface area contributed by atoms with Gasteiger partial charge in [0.1, 0.15) is 18.2 Å². The van der Waals surface area contributed by atoms with Gasteiger partial charge in [0, 0.05) is 25.8 Å². The molecule has 0 aliphatic rings. The Morgan fingerprint density at radius 3 is 2.45 bits per heavy atom. The van der Waals surface area contributed by atoms with Crippen molar-refractivity contribution in [1.29, 1.82) is 0 Å². The first-order valence-electron chi connectivity index (χ1n) is 7.20. The minimum absolute atomic E-state index is 0.244. The zero-order chi connectivity index (χ0) is 14.8. The maximum absolute atomic E-state index is 5.49. The normalized spacial score (nSPS) is 10.8. The quantitative estimate of drug-likeness (QED) is 0.642. The van der Waals surface area contributed by atoms with Gasteiger partial charge in [0.2, 0.25) is 0 Å². The molecule has 0 spiro atoms. The number of nitrogens with one attached hydrogen (secondary N) is 2. The monoisotopic (exact) mass is 282 g/mol. The van der Waals surface area contributed by atoms with Crippen LogP contribution in [-0.4, -0.2) is 42.4 Å². The number of rotatable bonds is 10. The van der Waals surface area contributed by atoms with Crippen LogP contribution in [-0.2, 0) is 16.1 Å². The highest BCUT2D eigenvalue weighted by molar-refractivity contribution is 5.47. The van der Waals surface area contributed by atoms with Crippen molar-refractivity contribution in [2.45, 2.75) is 40.4 Å². The minimum atomic E-state index is 0.244. The van der Waals surface area contributed by atoms with Crippen molar-refractivity contribution in [1.82, 2.24) is 9.97 Å². The van der Waals surface area contributed by atoms with E-state index in [2.05, 4.69) is 20.6 Å². The smallest absolute Gasteiger partial charge is 0.158 e. The van der Waals surface area contributed by atoms with Crippen molar-refractivity contribution in [2.75, 3.05) is 36.9 Å². The Balaban J connectivity index is 2.60. The summed E-state index contributed by atoms with van der Waals surface area (Å²) in [4.78, 5) is 8.83.